The molecule has 3 aromatic rings. The number of hydrogen-bond donors (Lipinski definition) is 2. The summed E-state index contributed by atoms with van der Waals surface area (Å²) in [5.74, 6) is -0.122. The van der Waals surface area contributed by atoms with Gasteiger partial charge in [-0.05, 0) is 30.2 Å². The first-order valence-electron chi connectivity index (χ1n) is 6.75. The van der Waals surface area contributed by atoms with Crippen LogP contribution in [0.1, 0.15) is 21.6 Å². The molecule has 3 nitrogen and oxygen atoms in total. The zero-order chi connectivity index (χ0) is 14.8. The van der Waals surface area contributed by atoms with E-state index >= 15 is 0 Å². The van der Waals surface area contributed by atoms with Crippen LogP contribution in [0.15, 0.2) is 48.5 Å². The fourth-order valence-electron chi connectivity index (χ4n) is 2.41. The molecule has 0 radical (unpaired) electrons. The molecule has 21 heavy (non-hydrogen) atoms. The number of hydrogen-bond acceptors (Lipinski definition) is 1. The summed E-state index contributed by atoms with van der Waals surface area (Å²) in [5.41, 5.74) is 3.43. The Labute approximate surface area is 127 Å². The third-order valence-electron chi connectivity index (χ3n) is 3.59. The van der Waals surface area contributed by atoms with Crippen LogP contribution in [0.2, 0.25) is 5.02 Å². The number of amides is 1. The van der Waals surface area contributed by atoms with Gasteiger partial charge in [-0.3, -0.25) is 4.79 Å². The van der Waals surface area contributed by atoms with Crippen molar-refractivity contribution < 1.29 is 4.79 Å². The summed E-state index contributed by atoms with van der Waals surface area (Å²) < 4.78 is 0. The third kappa shape index (κ3) is 2.65. The van der Waals surface area contributed by atoms with E-state index in [-0.39, 0.29) is 5.91 Å². The monoisotopic (exact) mass is 298 g/mol. The predicted molar refractivity (Wildman–Crippen MR) is 85.7 cm³/mol. The quantitative estimate of drug-likeness (QED) is 0.752. The molecule has 0 atom stereocenters. The average Bonchev–Trinajstić information content (AvgIpc) is 2.84. The average molecular weight is 299 g/mol. The lowest BCUT2D eigenvalue weighted by Gasteiger charge is -2.06. The van der Waals surface area contributed by atoms with Crippen molar-refractivity contribution in [3.8, 4) is 0 Å². The molecule has 2 N–H and O–H groups in total. The molecule has 2 aromatic carbocycles. The number of benzene rings is 2. The summed E-state index contributed by atoms with van der Waals surface area (Å²) in [6.07, 6.45) is 0. The summed E-state index contributed by atoms with van der Waals surface area (Å²) in [6.45, 7) is 2.36. The Morgan fingerprint density at radius 3 is 2.62 bits per heavy atom. The maximum absolute atomic E-state index is 12.3. The van der Waals surface area contributed by atoms with Gasteiger partial charge in [0, 0.05) is 22.5 Å². The number of halogens is 1. The number of fused-ring (bicyclic) bond motifs is 1. The van der Waals surface area contributed by atoms with E-state index < -0.39 is 0 Å². The number of para-hydroxylation sites is 1. The Kier molecular flexibility index (Phi) is 3.67. The van der Waals surface area contributed by atoms with Crippen molar-refractivity contribution >= 4 is 28.4 Å². The first kappa shape index (κ1) is 13.7. The van der Waals surface area contributed by atoms with Crippen LogP contribution in [0.4, 0.5) is 0 Å². The van der Waals surface area contributed by atoms with E-state index in [1.54, 1.807) is 0 Å². The SMILES string of the molecule is Cc1c(C(=O)NCc2ccccc2Cl)[nH]c2ccccc12. The molecule has 4 heteroatoms. The van der Waals surface area contributed by atoms with E-state index in [0.29, 0.717) is 17.3 Å². The van der Waals surface area contributed by atoms with Gasteiger partial charge in [-0.2, -0.15) is 0 Å². The highest BCUT2D eigenvalue weighted by molar-refractivity contribution is 6.31. The molecule has 0 bridgehead atoms. The van der Waals surface area contributed by atoms with Gasteiger partial charge < -0.3 is 10.3 Å². The second-order valence-electron chi connectivity index (χ2n) is 4.94. The van der Waals surface area contributed by atoms with E-state index in [9.17, 15) is 4.79 Å². The van der Waals surface area contributed by atoms with Crippen LogP contribution in [-0.4, -0.2) is 10.9 Å². The van der Waals surface area contributed by atoms with Crippen LogP contribution in [-0.2, 0) is 6.54 Å². The molecule has 0 unspecified atom stereocenters. The van der Waals surface area contributed by atoms with Crippen molar-refractivity contribution in [2.24, 2.45) is 0 Å². The minimum Gasteiger partial charge on any atom is -0.350 e. The Bertz CT molecular complexity index is 807. The smallest absolute Gasteiger partial charge is 0.268 e. The highest BCUT2D eigenvalue weighted by Gasteiger charge is 2.14. The van der Waals surface area contributed by atoms with Crippen molar-refractivity contribution in [1.82, 2.24) is 10.3 Å². The number of rotatable bonds is 3. The van der Waals surface area contributed by atoms with Gasteiger partial charge in [0.1, 0.15) is 5.69 Å². The van der Waals surface area contributed by atoms with Crippen LogP contribution in [0, 0.1) is 6.92 Å². The fraction of sp³-hybridized carbons (Fsp3) is 0.118. The molecule has 0 aliphatic rings. The van der Waals surface area contributed by atoms with Crippen LogP contribution < -0.4 is 5.32 Å². The lowest BCUT2D eigenvalue weighted by molar-refractivity contribution is 0.0946. The largest absolute Gasteiger partial charge is 0.350 e. The van der Waals surface area contributed by atoms with Gasteiger partial charge >= 0.3 is 0 Å². The predicted octanol–water partition coefficient (Wildman–Crippen LogP) is 4.06. The lowest BCUT2D eigenvalue weighted by atomic mass is 10.1. The van der Waals surface area contributed by atoms with Crippen molar-refractivity contribution in [2.75, 3.05) is 0 Å². The molecule has 106 valence electrons. The summed E-state index contributed by atoms with van der Waals surface area (Å²) in [7, 11) is 0. The highest BCUT2D eigenvalue weighted by atomic mass is 35.5. The van der Waals surface area contributed by atoms with Gasteiger partial charge in [0.05, 0.1) is 0 Å². The van der Waals surface area contributed by atoms with Crippen molar-refractivity contribution in [3.05, 3.63) is 70.4 Å². The van der Waals surface area contributed by atoms with Gasteiger partial charge in [0.15, 0.2) is 0 Å². The minimum absolute atomic E-state index is 0.122. The molecule has 0 spiro atoms. The van der Waals surface area contributed by atoms with Gasteiger partial charge in [0.2, 0.25) is 0 Å². The van der Waals surface area contributed by atoms with Crippen LogP contribution in [0.25, 0.3) is 10.9 Å². The van der Waals surface area contributed by atoms with Crippen LogP contribution in [0.5, 0.6) is 0 Å². The molecule has 1 heterocycles. The van der Waals surface area contributed by atoms with E-state index in [1.165, 1.54) is 0 Å². The normalized spacial score (nSPS) is 10.8. The second-order valence-corrected chi connectivity index (χ2v) is 5.35. The van der Waals surface area contributed by atoms with Crippen molar-refractivity contribution in [3.63, 3.8) is 0 Å². The van der Waals surface area contributed by atoms with Crippen LogP contribution >= 0.6 is 11.6 Å². The molecule has 1 amide bonds. The van der Waals surface area contributed by atoms with Gasteiger partial charge in [-0.1, -0.05) is 48.0 Å². The molecular weight excluding hydrogens is 284 g/mol. The lowest BCUT2D eigenvalue weighted by Crippen LogP contribution is -2.24. The third-order valence-corrected chi connectivity index (χ3v) is 3.96. The first-order valence-corrected chi connectivity index (χ1v) is 7.13. The number of H-pyrrole nitrogens is 1. The minimum atomic E-state index is -0.122. The summed E-state index contributed by atoms with van der Waals surface area (Å²) in [5, 5.41) is 4.63. The molecule has 0 saturated heterocycles. The molecule has 0 fully saturated rings. The Morgan fingerprint density at radius 1 is 1.14 bits per heavy atom. The Balaban J connectivity index is 1.81. The van der Waals surface area contributed by atoms with E-state index in [2.05, 4.69) is 10.3 Å². The summed E-state index contributed by atoms with van der Waals surface area (Å²) >= 11 is 6.09. The topological polar surface area (TPSA) is 44.9 Å². The van der Waals surface area contributed by atoms with E-state index in [1.807, 2.05) is 55.5 Å². The number of aromatic amines is 1. The highest BCUT2D eigenvalue weighted by Crippen LogP contribution is 2.21. The number of carbonyl (C=O) groups excluding carboxylic acids is 1. The fourth-order valence-corrected chi connectivity index (χ4v) is 2.62. The standard InChI is InChI=1S/C17H15ClN2O/c1-11-13-7-3-5-9-15(13)20-16(11)17(21)19-10-12-6-2-4-8-14(12)18/h2-9,20H,10H2,1H3,(H,19,21). The van der Waals surface area contributed by atoms with Gasteiger partial charge in [-0.15, -0.1) is 0 Å². The Morgan fingerprint density at radius 2 is 1.86 bits per heavy atom. The van der Waals surface area contributed by atoms with Crippen molar-refractivity contribution in [1.29, 1.82) is 0 Å². The molecule has 1 aromatic heterocycles. The first-order chi connectivity index (χ1) is 10.2. The molecule has 0 aliphatic carbocycles. The van der Waals surface area contributed by atoms with Crippen molar-refractivity contribution in [2.45, 2.75) is 13.5 Å². The van der Waals surface area contributed by atoms with E-state index in [4.69, 9.17) is 11.6 Å². The number of aryl methyl sites for hydroxylation is 1. The molecule has 0 saturated carbocycles. The van der Waals surface area contributed by atoms with Crippen LogP contribution in [0.3, 0.4) is 0 Å². The van der Waals surface area contributed by atoms with Gasteiger partial charge in [-0.25, -0.2) is 0 Å². The summed E-state index contributed by atoms with van der Waals surface area (Å²) in [6, 6.07) is 15.4. The van der Waals surface area contributed by atoms with Gasteiger partial charge in [0.25, 0.3) is 5.91 Å². The maximum Gasteiger partial charge on any atom is 0.268 e. The molecule has 0 aliphatic heterocycles. The molecular formula is C17H15ClN2O. The zero-order valence-electron chi connectivity index (χ0n) is 11.6. The van der Waals surface area contributed by atoms with E-state index in [0.717, 1.165) is 22.0 Å². The number of nitrogens with one attached hydrogen (secondary N) is 2. The number of carbonyl (C=O) groups is 1. The maximum atomic E-state index is 12.3. The Hall–Kier alpha value is -2.26. The second kappa shape index (κ2) is 5.62. The zero-order valence-corrected chi connectivity index (χ0v) is 12.4. The molecule has 3 rings (SSSR count). The number of aromatic nitrogens is 1. The summed E-state index contributed by atoms with van der Waals surface area (Å²) in [4.78, 5) is 15.5.